The maximum absolute atomic E-state index is 13.1. The third kappa shape index (κ3) is 8.53. The summed E-state index contributed by atoms with van der Waals surface area (Å²) in [6.07, 6.45) is -0.814. The van der Waals surface area contributed by atoms with Crippen molar-refractivity contribution in [3.63, 3.8) is 0 Å². The smallest absolute Gasteiger partial charge is 0.191 e. The molecule has 2 rings (SSSR count). The first kappa shape index (κ1) is 27.0. The minimum Gasteiger partial charge on any atom is -0.490 e. The normalized spacial score (nSPS) is 13.0. The van der Waals surface area contributed by atoms with Gasteiger partial charge < -0.3 is 25.2 Å². The third-order valence-electron chi connectivity index (χ3n) is 4.44. The molecule has 0 spiro atoms. The average molecular weight is 545 g/mol. The van der Waals surface area contributed by atoms with E-state index in [2.05, 4.69) is 15.6 Å². The van der Waals surface area contributed by atoms with Gasteiger partial charge in [-0.25, -0.2) is 4.39 Å². The molecule has 0 fully saturated rings. The maximum Gasteiger partial charge on any atom is 0.191 e. The van der Waals surface area contributed by atoms with Crippen molar-refractivity contribution in [1.29, 1.82) is 0 Å². The van der Waals surface area contributed by atoms with Crippen molar-refractivity contribution in [1.82, 2.24) is 10.6 Å². The van der Waals surface area contributed by atoms with Crippen molar-refractivity contribution in [2.75, 3.05) is 26.3 Å². The van der Waals surface area contributed by atoms with Crippen molar-refractivity contribution >= 4 is 29.9 Å². The van der Waals surface area contributed by atoms with Crippen LogP contribution in [0.4, 0.5) is 4.39 Å². The van der Waals surface area contributed by atoms with Crippen molar-refractivity contribution in [2.45, 2.75) is 39.8 Å². The zero-order valence-electron chi connectivity index (χ0n) is 18.5. The van der Waals surface area contributed by atoms with E-state index in [1.165, 1.54) is 12.1 Å². The number of halogens is 2. The fraction of sp³-hybridized carbons (Fsp3) is 0.435. The molecular weight excluding hydrogens is 512 g/mol. The Morgan fingerprint density at radius 3 is 2.23 bits per heavy atom. The van der Waals surface area contributed by atoms with Crippen molar-refractivity contribution in [2.24, 2.45) is 4.99 Å². The topological polar surface area (TPSA) is 75.1 Å². The summed E-state index contributed by atoms with van der Waals surface area (Å²) in [6.45, 7) is 9.83. The number of aliphatic imine (C=N–C) groups is 1. The molecule has 2 atom stereocenters. The summed E-state index contributed by atoms with van der Waals surface area (Å²) in [4.78, 5) is 4.48. The van der Waals surface area contributed by atoms with E-state index in [0.717, 1.165) is 11.3 Å². The van der Waals surface area contributed by atoms with E-state index < -0.39 is 6.10 Å². The minimum absolute atomic E-state index is 0. The van der Waals surface area contributed by atoms with Gasteiger partial charge in [0, 0.05) is 6.54 Å². The van der Waals surface area contributed by atoms with Gasteiger partial charge in [0.15, 0.2) is 17.5 Å². The number of hydrogen-bond acceptors (Lipinski definition) is 4. The van der Waals surface area contributed by atoms with Gasteiger partial charge in [-0.2, -0.15) is 0 Å². The number of nitrogens with one attached hydrogen (secondary N) is 2. The predicted molar refractivity (Wildman–Crippen MR) is 133 cm³/mol. The second kappa shape index (κ2) is 14.1. The molecule has 8 heteroatoms. The van der Waals surface area contributed by atoms with Gasteiger partial charge in [0.05, 0.1) is 31.9 Å². The molecule has 0 radical (unpaired) electrons. The van der Waals surface area contributed by atoms with Gasteiger partial charge in [-0.05, 0) is 63.1 Å². The second-order valence-electron chi connectivity index (χ2n) is 6.73. The lowest BCUT2D eigenvalue weighted by molar-refractivity contribution is 0.187. The number of aliphatic hydroxyl groups is 1. The molecule has 2 unspecified atom stereocenters. The van der Waals surface area contributed by atoms with E-state index in [-0.39, 0.29) is 42.4 Å². The van der Waals surface area contributed by atoms with Crippen LogP contribution in [0.1, 0.15) is 51.0 Å². The predicted octanol–water partition coefficient (Wildman–Crippen LogP) is 4.59. The number of ether oxygens (including phenoxy) is 2. The third-order valence-corrected chi connectivity index (χ3v) is 4.44. The Bertz CT molecular complexity index is 818. The number of hydrogen-bond donors (Lipinski definition) is 3. The zero-order chi connectivity index (χ0) is 21.9. The summed E-state index contributed by atoms with van der Waals surface area (Å²) in [5, 5.41) is 16.9. The van der Waals surface area contributed by atoms with Crippen LogP contribution < -0.4 is 20.1 Å². The highest BCUT2D eigenvalue weighted by Gasteiger charge is 2.13. The molecule has 0 aliphatic rings. The van der Waals surface area contributed by atoms with Crippen LogP contribution in [-0.4, -0.2) is 37.4 Å². The van der Waals surface area contributed by atoms with E-state index in [1.54, 1.807) is 12.1 Å². The van der Waals surface area contributed by atoms with E-state index in [0.29, 0.717) is 37.0 Å². The van der Waals surface area contributed by atoms with Crippen LogP contribution in [0.3, 0.4) is 0 Å². The molecular formula is C23H33FIN3O3. The van der Waals surface area contributed by atoms with E-state index in [4.69, 9.17) is 9.47 Å². The largest absolute Gasteiger partial charge is 0.490 e. The lowest BCUT2D eigenvalue weighted by atomic mass is 10.1. The van der Waals surface area contributed by atoms with Crippen LogP contribution in [0.25, 0.3) is 0 Å². The van der Waals surface area contributed by atoms with Crippen LogP contribution in [0, 0.1) is 5.82 Å². The summed E-state index contributed by atoms with van der Waals surface area (Å²) in [5.41, 5.74) is 1.64. The summed E-state index contributed by atoms with van der Waals surface area (Å²) >= 11 is 0. The molecule has 172 valence electrons. The first-order chi connectivity index (χ1) is 14.5. The van der Waals surface area contributed by atoms with Crippen molar-refractivity contribution in [3.8, 4) is 11.5 Å². The van der Waals surface area contributed by atoms with Gasteiger partial charge in [-0.15, -0.1) is 24.0 Å². The number of rotatable bonds is 10. The Morgan fingerprint density at radius 2 is 1.61 bits per heavy atom. The Labute approximate surface area is 201 Å². The highest BCUT2D eigenvalue weighted by atomic mass is 127. The fourth-order valence-corrected chi connectivity index (χ4v) is 2.91. The molecule has 0 aliphatic heterocycles. The standard InChI is InChI=1S/C23H32FN3O3.HI/c1-5-25-23(26-15-20(28)17-8-11-19(24)12-9-17)27-16(4)18-10-13-21(29-6-2)22(14-18)30-7-3;/h8-14,16,20,28H,5-7,15H2,1-4H3,(H2,25,26,27);1H. The van der Waals surface area contributed by atoms with Crippen LogP contribution in [0.2, 0.25) is 0 Å². The molecule has 31 heavy (non-hydrogen) atoms. The van der Waals surface area contributed by atoms with Gasteiger partial charge >= 0.3 is 0 Å². The SMILES string of the molecule is CCNC(=NCC(O)c1ccc(F)cc1)NC(C)c1ccc(OCC)c(OCC)c1.I. The minimum atomic E-state index is -0.814. The molecule has 2 aromatic carbocycles. The van der Waals surface area contributed by atoms with E-state index >= 15 is 0 Å². The summed E-state index contributed by atoms with van der Waals surface area (Å²) < 4.78 is 24.4. The van der Waals surface area contributed by atoms with Crippen LogP contribution in [0.5, 0.6) is 11.5 Å². The van der Waals surface area contributed by atoms with Crippen molar-refractivity contribution < 1.29 is 19.0 Å². The highest BCUT2D eigenvalue weighted by molar-refractivity contribution is 14.0. The average Bonchev–Trinajstić information content (AvgIpc) is 2.74. The number of nitrogens with zero attached hydrogens (tertiary/aromatic N) is 1. The molecule has 0 aromatic heterocycles. The van der Waals surface area contributed by atoms with Gasteiger partial charge in [0.25, 0.3) is 0 Å². The lowest BCUT2D eigenvalue weighted by Gasteiger charge is -2.20. The first-order valence-corrected chi connectivity index (χ1v) is 10.4. The molecule has 6 nitrogen and oxygen atoms in total. The van der Waals surface area contributed by atoms with Crippen LogP contribution in [-0.2, 0) is 0 Å². The maximum atomic E-state index is 13.1. The van der Waals surface area contributed by atoms with Gasteiger partial charge in [0.2, 0.25) is 0 Å². The Hall–Kier alpha value is -2.07. The Kier molecular flexibility index (Phi) is 12.2. The van der Waals surface area contributed by atoms with Gasteiger partial charge in [-0.1, -0.05) is 18.2 Å². The first-order valence-electron chi connectivity index (χ1n) is 10.4. The molecule has 0 aliphatic carbocycles. The van der Waals surface area contributed by atoms with Gasteiger partial charge in [-0.3, -0.25) is 4.99 Å². The zero-order valence-corrected chi connectivity index (χ0v) is 20.9. The fourth-order valence-electron chi connectivity index (χ4n) is 2.91. The Morgan fingerprint density at radius 1 is 1.00 bits per heavy atom. The number of benzene rings is 2. The number of guanidine groups is 1. The molecule has 0 saturated heterocycles. The van der Waals surface area contributed by atoms with E-state index in [9.17, 15) is 9.50 Å². The highest BCUT2D eigenvalue weighted by Crippen LogP contribution is 2.30. The Balaban J connectivity index is 0.00000480. The molecule has 0 heterocycles. The second-order valence-corrected chi connectivity index (χ2v) is 6.73. The summed E-state index contributed by atoms with van der Waals surface area (Å²) in [5.74, 6) is 1.68. The van der Waals surface area contributed by atoms with Crippen LogP contribution >= 0.6 is 24.0 Å². The van der Waals surface area contributed by atoms with Crippen LogP contribution in [0.15, 0.2) is 47.5 Å². The molecule has 3 N–H and O–H groups in total. The summed E-state index contributed by atoms with van der Waals surface area (Å²) in [7, 11) is 0. The van der Waals surface area contributed by atoms with Gasteiger partial charge in [0.1, 0.15) is 5.82 Å². The monoisotopic (exact) mass is 545 g/mol. The lowest BCUT2D eigenvalue weighted by Crippen LogP contribution is -2.39. The molecule has 0 bridgehead atoms. The molecule has 0 amide bonds. The quantitative estimate of drug-likeness (QED) is 0.232. The number of aliphatic hydroxyl groups excluding tert-OH is 1. The summed E-state index contributed by atoms with van der Waals surface area (Å²) in [6, 6.07) is 11.6. The van der Waals surface area contributed by atoms with E-state index in [1.807, 2.05) is 45.9 Å². The molecule has 0 saturated carbocycles. The van der Waals surface area contributed by atoms with Crippen molar-refractivity contribution in [3.05, 3.63) is 59.4 Å². The molecule has 2 aromatic rings.